The van der Waals surface area contributed by atoms with Crippen LogP contribution < -0.4 is 0 Å². The van der Waals surface area contributed by atoms with Crippen LogP contribution in [0.2, 0.25) is 0 Å². The first-order chi connectivity index (χ1) is 9.04. The molecule has 0 amide bonds. The van der Waals surface area contributed by atoms with Gasteiger partial charge in [0, 0.05) is 17.7 Å². The van der Waals surface area contributed by atoms with Gasteiger partial charge in [0.1, 0.15) is 0 Å². The Morgan fingerprint density at radius 1 is 1.26 bits per heavy atom. The molecule has 3 nitrogen and oxygen atoms in total. The SMILES string of the molecule is CCc1c(-c2ccccc2C)nn(CC(C)C)c1O. The van der Waals surface area contributed by atoms with Crippen LogP contribution in [-0.4, -0.2) is 14.9 Å². The Kier molecular flexibility index (Phi) is 3.93. The van der Waals surface area contributed by atoms with Crippen molar-refractivity contribution in [1.29, 1.82) is 0 Å². The summed E-state index contributed by atoms with van der Waals surface area (Å²) >= 11 is 0. The Labute approximate surface area is 114 Å². The van der Waals surface area contributed by atoms with Gasteiger partial charge in [-0.05, 0) is 24.8 Å². The molecule has 0 bridgehead atoms. The fraction of sp³-hybridized carbons (Fsp3) is 0.438. The second-order valence-corrected chi connectivity index (χ2v) is 5.40. The molecule has 0 unspecified atom stereocenters. The number of aromatic nitrogens is 2. The molecule has 102 valence electrons. The highest BCUT2D eigenvalue weighted by molar-refractivity contribution is 5.68. The highest BCUT2D eigenvalue weighted by atomic mass is 16.3. The standard InChI is InChI=1S/C16H22N2O/c1-5-13-15(14-9-7-6-8-12(14)4)17-18(16(13)19)10-11(2)3/h6-9,11,19H,5,10H2,1-4H3. The summed E-state index contributed by atoms with van der Waals surface area (Å²) in [5.41, 5.74) is 4.15. The lowest BCUT2D eigenvalue weighted by atomic mass is 10.0. The summed E-state index contributed by atoms with van der Waals surface area (Å²) in [5, 5.41) is 14.9. The third kappa shape index (κ3) is 2.65. The molecule has 0 spiro atoms. The smallest absolute Gasteiger partial charge is 0.213 e. The monoisotopic (exact) mass is 258 g/mol. The number of aryl methyl sites for hydroxylation is 1. The largest absolute Gasteiger partial charge is 0.493 e. The van der Waals surface area contributed by atoms with Crippen molar-refractivity contribution in [3.05, 3.63) is 35.4 Å². The highest BCUT2D eigenvalue weighted by Crippen LogP contribution is 2.32. The molecule has 3 heteroatoms. The molecule has 2 rings (SSSR count). The van der Waals surface area contributed by atoms with E-state index in [4.69, 9.17) is 0 Å². The van der Waals surface area contributed by atoms with Crippen molar-refractivity contribution in [2.75, 3.05) is 0 Å². The van der Waals surface area contributed by atoms with Gasteiger partial charge in [-0.3, -0.25) is 0 Å². The summed E-state index contributed by atoms with van der Waals surface area (Å²) in [7, 11) is 0. The van der Waals surface area contributed by atoms with Crippen LogP contribution in [0, 0.1) is 12.8 Å². The van der Waals surface area contributed by atoms with Gasteiger partial charge in [0.05, 0.1) is 5.69 Å². The summed E-state index contributed by atoms with van der Waals surface area (Å²) in [4.78, 5) is 0. The fourth-order valence-corrected chi connectivity index (χ4v) is 2.34. The van der Waals surface area contributed by atoms with Gasteiger partial charge >= 0.3 is 0 Å². The lowest BCUT2D eigenvalue weighted by molar-refractivity contribution is 0.369. The van der Waals surface area contributed by atoms with Gasteiger partial charge in [0.15, 0.2) is 0 Å². The molecule has 0 radical (unpaired) electrons. The summed E-state index contributed by atoms with van der Waals surface area (Å²) in [6.07, 6.45) is 0.785. The zero-order chi connectivity index (χ0) is 14.0. The highest BCUT2D eigenvalue weighted by Gasteiger charge is 2.18. The first kappa shape index (κ1) is 13.7. The minimum atomic E-state index is 0.314. The van der Waals surface area contributed by atoms with E-state index < -0.39 is 0 Å². The van der Waals surface area contributed by atoms with Crippen LogP contribution >= 0.6 is 0 Å². The van der Waals surface area contributed by atoms with Crippen molar-refractivity contribution >= 4 is 0 Å². The molecule has 0 saturated heterocycles. The average molecular weight is 258 g/mol. The van der Waals surface area contributed by atoms with Crippen molar-refractivity contribution < 1.29 is 5.11 Å². The average Bonchev–Trinajstić information content (AvgIpc) is 2.66. The van der Waals surface area contributed by atoms with Crippen LogP contribution in [0.5, 0.6) is 5.88 Å². The zero-order valence-electron chi connectivity index (χ0n) is 12.1. The lowest BCUT2D eigenvalue weighted by Gasteiger charge is -2.05. The number of nitrogens with zero attached hydrogens (tertiary/aromatic N) is 2. The minimum Gasteiger partial charge on any atom is -0.493 e. The van der Waals surface area contributed by atoms with Crippen molar-refractivity contribution in [3.63, 3.8) is 0 Å². The number of hydrogen-bond acceptors (Lipinski definition) is 2. The molecule has 0 atom stereocenters. The van der Waals surface area contributed by atoms with Crippen LogP contribution in [-0.2, 0) is 13.0 Å². The summed E-state index contributed by atoms with van der Waals surface area (Å²) in [5.74, 6) is 0.773. The Morgan fingerprint density at radius 3 is 2.53 bits per heavy atom. The van der Waals surface area contributed by atoms with Crippen molar-refractivity contribution in [1.82, 2.24) is 9.78 Å². The Balaban J connectivity index is 2.54. The molecule has 1 aromatic carbocycles. The van der Waals surface area contributed by atoms with Crippen molar-refractivity contribution in [2.45, 2.75) is 40.7 Å². The van der Waals surface area contributed by atoms with E-state index in [1.54, 1.807) is 4.68 Å². The first-order valence-electron chi connectivity index (χ1n) is 6.89. The van der Waals surface area contributed by atoms with Crippen LogP contribution in [0.3, 0.4) is 0 Å². The molecule has 1 N–H and O–H groups in total. The molecule has 0 aliphatic heterocycles. The van der Waals surface area contributed by atoms with E-state index in [1.165, 1.54) is 5.56 Å². The molecule has 0 saturated carbocycles. The van der Waals surface area contributed by atoms with Crippen LogP contribution in [0.25, 0.3) is 11.3 Å². The van der Waals surface area contributed by atoms with E-state index in [0.717, 1.165) is 29.8 Å². The summed E-state index contributed by atoms with van der Waals surface area (Å²) < 4.78 is 1.73. The van der Waals surface area contributed by atoms with Gasteiger partial charge < -0.3 is 5.11 Å². The number of rotatable bonds is 4. The molecule has 19 heavy (non-hydrogen) atoms. The molecule has 0 aliphatic carbocycles. The van der Waals surface area contributed by atoms with Crippen LogP contribution in [0.1, 0.15) is 31.9 Å². The lowest BCUT2D eigenvalue weighted by Crippen LogP contribution is -2.05. The maximum absolute atomic E-state index is 10.3. The molecule has 1 heterocycles. The van der Waals surface area contributed by atoms with Gasteiger partial charge in [-0.25, -0.2) is 4.68 Å². The normalized spacial score (nSPS) is 11.2. The number of aromatic hydroxyl groups is 1. The molecular weight excluding hydrogens is 236 g/mol. The summed E-state index contributed by atoms with van der Waals surface area (Å²) in [6, 6.07) is 8.18. The number of benzene rings is 1. The second-order valence-electron chi connectivity index (χ2n) is 5.40. The van der Waals surface area contributed by atoms with Crippen LogP contribution in [0.4, 0.5) is 0 Å². The van der Waals surface area contributed by atoms with Gasteiger partial charge in [-0.15, -0.1) is 0 Å². The number of hydrogen-bond donors (Lipinski definition) is 1. The quantitative estimate of drug-likeness (QED) is 0.906. The molecule has 0 aliphatic rings. The maximum Gasteiger partial charge on any atom is 0.213 e. The van der Waals surface area contributed by atoms with Crippen molar-refractivity contribution in [2.24, 2.45) is 5.92 Å². The van der Waals surface area contributed by atoms with Gasteiger partial charge in [0.25, 0.3) is 0 Å². The van der Waals surface area contributed by atoms with Crippen molar-refractivity contribution in [3.8, 4) is 17.1 Å². The Hall–Kier alpha value is -1.77. The predicted molar refractivity (Wildman–Crippen MR) is 78.3 cm³/mol. The Morgan fingerprint density at radius 2 is 1.95 bits per heavy atom. The second kappa shape index (κ2) is 5.47. The van der Waals surface area contributed by atoms with E-state index in [1.807, 2.05) is 12.1 Å². The molecule has 0 fully saturated rings. The van der Waals surface area contributed by atoms with E-state index >= 15 is 0 Å². The molecule has 2 aromatic rings. The Bertz CT molecular complexity index is 570. The van der Waals surface area contributed by atoms with Gasteiger partial charge in [-0.2, -0.15) is 5.10 Å². The maximum atomic E-state index is 10.3. The van der Waals surface area contributed by atoms with E-state index in [2.05, 4.69) is 44.9 Å². The fourth-order valence-electron chi connectivity index (χ4n) is 2.34. The predicted octanol–water partition coefficient (Wildman–Crippen LogP) is 3.78. The van der Waals surface area contributed by atoms with E-state index in [-0.39, 0.29) is 0 Å². The van der Waals surface area contributed by atoms with Crippen LogP contribution in [0.15, 0.2) is 24.3 Å². The third-order valence-corrected chi connectivity index (χ3v) is 3.31. The summed E-state index contributed by atoms with van der Waals surface area (Å²) in [6.45, 7) is 9.12. The van der Waals surface area contributed by atoms with E-state index in [9.17, 15) is 5.11 Å². The van der Waals surface area contributed by atoms with Gasteiger partial charge in [-0.1, -0.05) is 45.0 Å². The first-order valence-corrected chi connectivity index (χ1v) is 6.89. The topological polar surface area (TPSA) is 38.0 Å². The third-order valence-electron chi connectivity index (χ3n) is 3.31. The van der Waals surface area contributed by atoms with Gasteiger partial charge in [0.2, 0.25) is 5.88 Å². The molecule has 1 aromatic heterocycles. The molecular formula is C16H22N2O. The van der Waals surface area contributed by atoms with E-state index in [0.29, 0.717) is 11.8 Å². The zero-order valence-corrected chi connectivity index (χ0v) is 12.1. The minimum absolute atomic E-state index is 0.314.